The van der Waals surface area contributed by atoms with Crippen LogP contribution in [0.2, 0.25) is 5.02 Å². The summed E-state index contributed by atoms with van der Waals surface area (Å²) in [5, 5.41) is 2.98. The Morgan fingerprint density at radius 2 is 1.73 bits per heavy atom. The van der Waals surface area contributed by atoms with Crippen LogP contribution in [0.15, 0.2) is 53.4 Å². The van der Waals surface area contributed by atoms with E-state index in [9.17, 15) is 18.0 Å². The van der Waals surface area contributed by atoms with Crippen LogP contribution in [0.1, 0.15) is 12.8 Å². The van der Waals surface area contributed by atoms with Gasteiger partial charge in [-0.15, -0.1) is 0 Å². The summed E-state index contributed by atoms with van der Waals surface area (Å²) in [7, 11) is -3.75. The van der Waals surface area contributed by atoms with Gasteiger partial charge in [-0.05, 0) is 55.0 Å². The van der Waals surface area contributed by atoms with Crippen LogP contribution in [0, 0.1) is 0 Å². The van der Waals surface area contributed by atoms with Crippen molar-refractivity contribution < 1.29 is 18.0 Å². The minimum Gasteiger partial charge on any atom is -0.325 e. The highest BCUT2D eigenvalue weighted by molar-refractivity contribution is 7.92. The summed E-state index contributed by atoms with van der Waals surface area (Å²) >= 11 is 5.75. The first kappa shape index (κ1) is 18.4. The van der Waals surface area contributed by atoms with Gasteiger partial charge in [-0.1, -0.05) is 11.6 Å². The third-order valence-electron chi connectivity index (χ3n) is 4.03. The lowest BCUT2D eigenvalue weighted by atomic mass is 10.2. The molecule has 0 aliphatic carbocycles. The van der Waals surface area contributed by atoms with E-state index < -0.39 is 21.5 Å². The number of nitrogens with one attached hydrogen (secondary N) is 1. The molecule has 2 amide bonds. The van der Waals surface area contributed by atoms with Crippen molar-refractivity contribution in [2.75, 3.05) is 22.5 Å². The Kier molecular flexibility index (Phi) is 5.29. The number of benzene rings is 2. The van der Waals surface area contributed by atoms with Gasteiger partial charge in [0.25, 0.3) is 0 Å². The largest absolute Gasteiger partial charge is 0.325 e. The summed E-state index contributed by atoms with van der Waals surface area (Å²) < 4.78 is 24.5. The van der Waals surface area contributed by atoms with Gasteiger partial charge in [-0.25, -0.2) is 8.42 Å². The molecule has 1 heterocycles. The van der Waals surface area contributed by atoms with Crippen molar-refractivity contribution in [3.63, 3.8) is 0 Å². The van der Waals surface area contributed by atoms with Crippen molar-refractivity contribution in [2.45, 2.75) is 17.7 Å². The highest BCUT2D eigenvalue weighted by Crippen LogP contribution is 2.23. The maximum Gasteiger partial charge on any atom is 0.239 e. The van der Waals surface area contributed by atoms with E-state index in [1.54, 1.807) is 29.2 Å². The fourth-order valence-corrected chi connectivity index (χ4v) is 4.00. The van der Waals surface area contributed by atoms with E-state index in [1.165, 1.54) is 24.3 Å². The Morgan fingerprint density at radius 1 is 1.08 bits per heavy atom. The van der Waals surface area contributed by atoms with Gasteiger partial charge < -0.3 is 10.2 Å². The molecule has 0 aromatic heterocycles. The van der Waals surface area contributed by atoms with Gasteiger partial charge >= 0.3 is 0 Å². The van der Waals surface area contributed by atoms with Gasteiger partial charge in [0.15, 0.2) is 9.84 Å². The molecule has 26 heavy (non-hydrogen) atoms. The molecule has 1 aliphatic heterocycles. The smallest absolute Gasteiger partial charge is 0.239 e. The molecule has 0 atom stereocenters. The zero-order chi connectivity index (χ0) is 18.7. The molecule has 2 aromatic carbocycles. The number of amides is 2. The average molecular weight is 393 g/mol. The van der Waals surface area contributed by atoms with Crippen LogP contribution in [0.3, 0.4) is 0 Å². The molecule has 8 heteroatoms. The molecule has 6 nitrogen and oxygen atoms in total. The molecular formula is C18H17ClN2O4S. The molecule has 0 saturated carbocycles. The Balaban J connectivity index is 1.64. The van der Waals surface area contributed by atoms with Gasteiger partial charge in [-0.3, -0.25) is 9.59 Å². The van der Waals surface area contributed by atoms with Crippen LogP contribution < -0.4 is 10.2 Å². The second-order valence-electron chi connectivity index (χ2n) is 5.96. The standard InChI is InChI=1S/C18H17ClN2O4S/c19-13-3-9-16(10-4-13)26(24,25)12-17(22)20-14-5-7-15(8-6-14)21-11-1-2-18(21)23/h3-10H,1-2,11-12H2,(H,20,22). The van der Waals surface area contributed by atoms with Gasteiger partial charge in [0.05, 0.1) is 4.90 Å². The highest BCUT2D eigenvalue weighted by Gasteiger charge is 2.22. The summed E-state index contributed by atoms with van der Waals surface area (Å²) in [4.78, 5) is 25.5. The molecule has 1 N–H and O–H groups in total. The third-order valence-corrected chi connectivity index (χ3v) is 5.91. The van der Waals surface area contributed by atoms with Gasteiger partial charge in [0.2, 0.25) is 11.8 Å². The Morgan fingerprint density at radius 3 is 2.31 bits per heavy atom. The Bertz CT molecular complexity index is 925. The number of sulfone groups is 1. The maximum atomic E-state index is 12.3. The predicted octanol–water partition coefficient (Wildman–Crippen LogP) is 2.88. The number of rotatable bonds is 5. The van der Waals surface area contributed by atoms with Crippen molar-refractivity contribution in [2.24, 2.45) is 0 Å². The predicted molar refractivity (Wildman–Crippen MR) is 100 cm³/mol. The van der Waals surface area contributed by atoms with E-state index in [0.29, 0.717) is 23.7 Å². The number of anilines is 2. The summed E-state index contributed by atoms with van der Waals surface area (Å²) in [5.74, 6) is -1.22. The molecule has 0 radical (unpaired) electrons. The number of hydrogen-bond acceptors (Lipinski definition) is 4. The van der Waals surface area contributed by atoms with E-state index in [4.69, 9.17) is 11.6 Å². The molecule has 1 fully saturated rings. The molecule has 2 aromatic rings. The second-order valence-corrected chi connectivity index (χ2v) is 8.38. The van der Waals surface area contributed by atoms with E-state index >= 15 is 0 Å². The molecule has 136 valence electrons. The van der Waals surface area contributed by atoms with Crippen LogP contribution in [0.4, 0.5) is 11.4 Å². The molecule has 1 aliphatic rings. The summed E-state index contributed by atoms with van der Waals surface area (Å²) in [6.45, 7) is 0.684. The van der Waals surface area contributed by atoms with E-state index in [1.807, 2.05) is 0 Å². The number of nitrogens with zero attached hydrogens (tertiary/aromatic N) is 1. The van der Waals surface area contributed by atoms with Crippen molar-refractivity contribution in [3.8, 4) is 0 Å². The zero-order valence-corrected chi connectivity index (χ0v) is 15.4. The van der Waals surface area contributed by atoms with E-state index in [2.05, 4.69) is 5.32 Å². The third kappa shape index (κ3) is 4.23. The molecule has 1 saturated heterocycles. The molecule has 0 bridgehead atoms. The topological polar surface area (TPSA) is 83.6 Å². The van der Waals surface area contributed by atoms with Crippen LogP contribution >= 0.6 is 11.6 Å². The van der Waals surface area contributed by atoms with Crippen molar-refractivity contribution >= 4 is 44.6 Å². The number of halogens is 1. The van der Waals surface area contributed by atoms with Crippen molar-refractivity contribution in [3.05, 3.63) is 53.6 Å². The average Bonchev–Trinajstić information content (AvgIpc) is 3.01. The van der Waals surface area contributed by atoms with Crippen molar-refractivity contribution in [1.29, 1.82) is 0 Å². The van der Waals surface area contributed by atoms with Crippen LogP contribution in [-0.2, 0) is 19.4 Å². The first-order chi connectivity index (χ1) is 12.3. The van der Waals surface area contributed by atoms with Gasteiger partial charge in [-0.2, -0.15) is 0 Å². The highest BCUT2D eigenvalue weighted by atomic mass is 35.5. The second kappa shape index (κ2) is 7.47. The lowest BCUT2D eigenvalue weighted by Gasteiger charge is -2.16. The minimum atomic E-state index is -3.75. The fraction of sp³-hybridized carbons (Fsp3) is 0.222. The summed E-state index contributed by atoms with van der Waals surface area (Å²) in [5.41, 5.74) is 1.23. The minimum absolute atomic E-state index is 0.0416. The van der Waals surface area contributed by atoms with Gasteiger partial charge in [0, 0.05) is 29.4 Å². The number of hydrogen-bond donors (Lipinski definition) is 1. The SMILES string of the molecule is O=C(CS(=O)(=O)c1ccc(Cl)cc1)Nc1ccc(N2CCCC2=O)cc1. The monoisotopic (exact) mass is 392 g/mol. The summed E-state index contributed by atoms with van der Waals surface area (Å²) in [6, 6.07) is 12.4. The van der Waals surface area contributed by atoms with Crippen LogP contribution in [0.25, 0.3) is 0 Å². The molecular weight excluding hydrogens is 376 g/mol. The first-order valence-electron chi connectivity index (χ1n) is 8.04. The normalized spacial score (nSPS) is 14.5. The maximum absolute atomic E-state index is 12.3. The van der Waals surface area contributed by atoms with Gasteiger partial charge in [0.1, 0.15) is 5.75 Å². The van der Waals surface area contributed by atoms with Crippen LogP contribution in [0.5, 0.6) is 0 Å². The van der Waals surface area contributed by atoms with Crippen molar-refractivity contribution in [1.82, 2.24) is 0 Å². The fourth-order valence-electron chi connectivity index (χ4n) is 2.74. The number of carbonyl (C=O) groups excluding carboxylic acids is 2. The lowest BCUT2D eigenvalue weighted by molar-refractivity contribution is -0.117. The zero-order valence-electron chi connectivity index (χ0n) is 13.8. The number of carbonyl (C=O) groups is 2. The summed E-state index contributed by atoms with van der Waals surface area (Å²) in [6.07, 6.45) is 1.38. The van der Waals surface area contributed by atoms with Crippen LogP contribution in [-0.4, -0.2) is 32.5 Å². The molecule has 3 rings (SSSR count). The Labute approximate surface area is 156 Å². The molecule has 0 unspecified atom stereocenters. The van der Waals surface area contributed by atoms with E-state index in [-0.39, 0.29) is 10.8 Å². The quantitative estimate of drug-likeness (QED) is 0.848. The molecule has 0 spiro atoms. The first-order valence-corrected chi connectivity index (χ1v) is 10.1. The lowest BCUT2D eigenvalue weighted by Crippen LogP contribution is -2.24. The van der Waals surface area contributed by atoms with E-state index in [0.717, 1.165) is 12.1 Å². The Hall–Kier alpha value is -2.38.